The first-order valence-corrected chi connectivity index (χ1v) is 18.1. The van der Waals surface area contributed by atoms with E-state index >= 15 is 0 Å². The molecule has 5 aliphatic rings. The first-order chi connectivity index (χ1) is 19.4. The van der Waals surface area contributed by atoms with Gasteiger partial charge in [-0.25, -0.2) is 4.79 Å². The van der Waals surface area contributed by atoms with E-state index in [0.717, 1.165) is 58.8 Å². The lowest BCUT2D eigenvalue weighted by Crippen LogP contribution is -2.40. The lowest BCUT2D eigenvalue weighted by molar-refractivity contribution is -0.140. The Kier molecular flexibility index (Phi) is 10.9. The number of esters is 1. The second-order valence-electron chi connectivity index (χ2n) is 14.7. The summed E-state index contributed by atoms with van der Waals surface area (Å²) >= 11 is 1.73. The van der Waals surface area contributed by atoms with Gasteiger partial charge in [0.05, 0.1) is 11.6 Å². The highest BCUT2D eigenvalue weighted by molar-refractivity contribution is 8.03. The molecule has 0 bridgehead atoms. The molecule has 224 valence electrons. The van der Waals surface area contributed by atoms with E-state index in [9.17, 15) is 10.1 Å². The van der Waals surface area contributed by atoms with Gasteiger partial charge in [0.15, 0.2) is 5.57 Å². The minimum Gasteiger partial charge on any atom is -0.461 e. The SMILES string of the molecule is CCCC1CCC2CC(C3CS/C(=C(\C#N)C(=O)OCC4CCC(C5CCC(C)CC5)CC4)N(C)C3)CCC2C1. The van der Waals surface area contributed by atoms with Crippen molar-refractivity contribution in [1.82, 2.24) is 4.90 Å². The third-order valence-corrected chi connectivity index (χ3v) is 13.4. The summed E-state index contributed by atoms with van der Waals surface area (Å²) in [6.07, 6.45) is 21.9. The third-order valence-electron chi connectivity index (χ3n) is 12.0. The van der Waals surface area contributed by atoms with Crippen LogP contribution in [0.2, 0.25) is 0 Å². The van der Waals surface area contributed by atoms with E-state index in [-0.39, 0.29) is 5.57 Å². The standard InChI is InChI=1S/C35H56N2O2S/c1-4-5-25-8-15-30-19-31(17-16-29(30)18-25)32-21-37(3)34(40-23-32)33(20-36)35(38)39-22-26-9-13-28(14-10-26)27-11-6-24(2)7-12-27/h24-32H,4-19,21-23H2,1-3H3/b34-33+. The maximum absolute atomic E-state index is 13.1. The molecule has 0 radical (unpaired) electrons. The van der Waals surface area contributed by atoms with Crippen LogP contribution >= 0.6 is 11.8 Å². The smallest absolute Gasteiger partial charge is 0.351 e. The summed E-state index contributed by atoms with van der Waals surface area (Å²) in [4.78, 5) is 15.3. The van der Waals surface area contributed by atoms with Crippen LogP contribution in [-0.2, 0) is 9.53 Å². The summed E-state index contributed by atoms with van der Waals surface area (Å²) in [5, 5.41) is 10.8. The quantitative estimate of drug-likeness (QED) is 0.174. The fraction of sp³-hybridized carbons (Fsp3) is 0.886. The number of ether oxygens (including phenoxy) is 1. The zero-order valence-corrected chi connectivity index (χ0v) is 26.6. The van der Waals surface area contributed by atoms with Crippen LogP contribution in [0, 0.1) is 64.6 Å². The van der Waals surface area contributed by atoms with E-state index in [1.54, 1.807) is 11.8 Å². The molecular formula is C35H56N2O2S. The van der Waals surface area contributed by atoms with E-state index in [1.807, 2.05) is 0 Å². The Bertz CT molecular complexity index is 911. The van der Waals surface area contributed by atoms with Crippen LogP contribution in [0.3, 0.4) is 0 Å². The molecule has 4 nitrogen and oxygen atoms in total. The molecule has 0 amide bonds. The van der Waals surface area contributed by atoms with Gasteiger partial charge in [0.1, 0.15) is 6.07 Å². The molecule has 0 aromatic heterocycles. The molecule has 5 heteroatoms. The molecule has 4 aliphatic carbocycles. The van der Waals surface area contributed by atoms with Crippen molar-refractivity contribution in [1.29, 1.82) is 5.26 Å². The highest BCUT2D eigenvalue weighted by Crippen LogP contribution is 2.49. The number of thioether (sulfide) groups is 1. The monoisotopic (exact) mass is 568 g/mol. The van der Waals surface area contributed by atoms with Crippen LogP contribution in [0.25, 0.3) is 0 Å². The maximum Gasteiger partial charge on any atom is 0.351 e. The molecule has 0 spiro atoms. The average Bonchev–Trinajstić information content (AvgIpc) is 2.98. The van der Waals surface area contributed by atoms with Crippen LogP contribution in [0.5, 0.6) is 0 Å². The Balaban J connectivity index is 1.07. The Morgan fingerprint density at radius 2 is 1.43 bits per heavy atom. The van der Waals surface area contributed by atoms with Gasteiger partial charge in [-0.05, 0) is 124 Å². The minimum absolute atomic E-state index is 0.230. The summed E-state index contributed by atoms with van der Waals surface area (Å²) in [6, 6.07) is 2.23. The first-order valence-electron chi connectivity index (χ1n) is 17.1. The van der Waals surface area contributed by atoms with Crippen LogP contribution in [-0.4, -0.2) is 36.8 Å². The van der Waals surface area contributed by atoms with E-state index in [1.165, 1.54) is 103 Å². The van der Waals surface area contributed by atoms with Crippen molar-refractivity contribution in [2.45, 2.75) is 117 Å². The second-order valence-corrected chi connectivity index (χ2v) is 15.7. The molecule has 0 N–H and O–H groups in total. The van der Waals surface area contributed by atoms with E-state index in [2.05, 4.69) is 31.9 Å². The number of rotatable bonds is 7. The summed E-state index contributed by atoms with van der Waals surface area (Å²) in [5.41, 5.74) is 0.230. The Labute approximate surface area is 249 Å². The van der Waals surface area contributed by atoms with Crippen molar-refractivity contribution in [3.8, 4) is 6.07 Å². The summed E-state index contributed by atoms with van der Waals surface area (Å²) in [7, 11) is 2.08. The van der Waals surface area contributed by atoms with Gasteiger partial charge in [0.2, 0.25) is 0 Å². The highest BCUT2D eigenvalue weighted by atomic mass is 32.2. The molecule has 5 unspecified atom stereocenters. The average molecular weight is 569 g/mol. The fourth-order valence-corrected chi connectivity index (χ4v) is 10.8. The number of nitrogens with zero attached hydrogens (tertiary/aromatic N) is 2. The first kappa shape index (κ1) is 30.3. The van der Waals surface area contributed by atoms with Gasteiger partial charge >= 0.3 is 5.97 Å². The number of hydrogen-bond donors (Lipinski definition) is 0. The molecule has 0 aromatic rings. The number of fused-ring (bicyclic) bond motifs is 1. The normalized spacial score (nSPS) is 40.0. The van der Waals surface area contributed by atoms with Gasteiger partial charge in [-0.2, -0.15) is 5.26 Å². The van der Waals surface area contributed by atoms with Gasteiger partial charge in [0.25, 0.3) is 0 Å². The minimum atomic E-state index is -0.400. The predicted octanol–water partition coefficient (Wildman–Crippen LogP) is 8.82. The number of nitriles is 1. The summed E-state index contributed by atoms with van der Waals surface area (Å²) in [5.74, 6) is 8.15. The molecule has 5 fully saturated rings. The fourth-order valence-electron chi connectivity index (χ4n) is 9.48. The lowest BCUT2D eigenvalue weighted by Gasteiger charge is -2.46. The highest BCUT2D eigenvalue weighted by Gasteiger charge is 2.40. The second kappa shape index (κ2) is 14.3. The molecule has 1 aliphatic heterocycles. The van der Waals surface area contributed by atoms with Crippen LogP contribution in [0.1, 0.15) is 117 Å². The zero-order chi connectivity index (χ0) is 28.1. The van der Waals surface area contributed by atoms with Crippen molar-refractivity contribution in [3.05, 3.63) is 10.6 Å². The van der Waals surface area contributed by atoms with Crippen molar-refractivity contribution in [3.63, 3.8) is 0 Å². The van der Waals surface area contributed by atoms with E-state index < -0.39 is 5.97 Å². The molecule has 1 saturated heterocycles. The summed E-state index contributed by atoms with van der Waals surface area (Å²) < 4.78 is 5.80. The molecule has 40 heavy (non-hydrogen) atoms. The Hall–Kier alpha value is -1.15. The predicted molar refractivity (Wildman–Crippen MR) is 165 cm³/mol. The Morgan fingerprint density at radius 3 is 2.08 bits per heavy atom. The van der Waals surface area contributed by atoms with Gasteiger partial charge in [-0.3, -0.25) is 0 Å². The topological polar surface area (TPSA) is 53.3 Å². The summed E-state index contributed by atoms with van der Waals surface area (Å²) in [6.45, 7) is 6.18. The number of carbonyl (C=O) groups excluding carboxylic acids is 1. The number of hydrogen-bond acceptors (Lipinski definition) is 5. The molecule has 5 rings (SSSR count). The maximum atomic E-state index is 13.1. The molecule has 0 aromatic carbocycles. The van der Waals surface area contributed by atoms with E-state index in [4.69, 9.17) is 4.74 Å². The molecular weight excluding hydrogens is 512 g/mol. The Morgan fingerprint density at radius 1 is 0.850 bits per heavy atom. The molecule has 4 saturated carbocycles. The van der Waals surface area contributed by atoms with Crippen molar-refractivity contribution < 1.29 is 9.53 Å². The zero-order valence-electron chi connectivity index (χ0n) is 25.8. The number of carbonyl (C=O) groups is 1. The van der Waals surface area contributed by atoms with Crippen molar-refractivity contribution >= 4 is 17.7 Å². The van der Waals surface area contributed by atoms with E-state index in [0.29, 0.717) is 18.4 Å². The van der Waals surface area contributed by atoms with Gasteiger partial charge in [-0.15, -0.1) is 11.8 Å². The van der Waals surface area contributed by atoms with Crippen LogP contribution < -0.4 is 0 Å². The molecule has 1 heterocycles. The van der Waals surface area contributed by atoms with Crippen LogP contribution in [0.4, 0.5) is 0 Å². The van der Waals surface area contributed by atoms with Gasteiger partial charge < -0.3 is 9.64 Å². The lowest BCUT2D eigenvalue weighted by atomic mass is 9.62. The van der Waals surface area contributed by atoms with Crippen molar-refractivity contribution in [2.75, 3.05) is 26.0 Å². The van der Waals surface area contributed by atoms with Crippen molar-refractivity contribution in [2.24, 2.45) is 53.3 Å². The van der Waals surface area contributed by atoms with Gasteiger partial charge in [-0.1, -0.05) is 46.0 Å². The largest absolute Gasteiger partial charge is 0.461 e. The van der Waals surface area contributed by atoms with Crippen LogP contribution in [0.15, 0.2) is 10.6 Å². The third kappa shape index (κ3) is 7.43. The molecule has 5 atom stereocenters. The van der Waals surface area contributed by atoms with Gasteiger partial charge in [0, 0.05) is 19.3 Å².